The summed E-state index contributed by atoms with van der Waals surface area (Å²) in [5, 5.41) is 2.90. The summed E-state index contributed by atoms with van der Waals surface area (Å²) in [5.41, 5.74) is 5.63. The van der Waals surface area contributed by atoms with Crippen molar-refractivity contribution in [2.24, 2.45) is 11.7 Å². The van der Waals surface area contributed by atoms with Crippen LogP contribution in [-0.4, -0.2) is 42.4 Å². The Balaban J connectivity index is 2.45. The molecule has 0 aromatic rings. The second-order valence-electron chi connectivity index (χ2n) is 5.15. The maximum absolute atomic E-state index is 11.9. The Morgan fingerprint density at radius 1 is 1.50 bits per heavy atom. The summed E-state index contributed by atoms with van der Waals surface area (Å²) in [7, 11) is 0. The number of nitrogens with one attached hydrogen (secondary N) is 1. The zero-order valence-electron chi connectivity index (χ0n) is 11.4. The maximum atomic E-state index is 11.9. The van der Waals surface area contributed by atoms with Crippen molar-refractivity contribution in [3.63, 3.8) is 0 Å². The molecule has 0 spiro atoms. The molecule has 5 nitrogen and oxygen atoms in total. The Bertz CT molecular complexity index is 292. The highest BCUT2D eigenvalue weighted by atomic mass is 16.2. The minimum Gasteiger partial charge on any atom is -0.356 e. The Hall–Kier alpha value is -1.10. The van der Waals surface area contributed by atoms with Crippen LogP contribution in [0.1, 0.15) is 39.5 Å². The minimum absolute atomic E-state index is 0.0534. The van der Waals surface area contributed by atoms with E-state index >= 15 is 0 Å². The molecule has 1 fully saturated rings. The third-order valence-corrected chi connectivity index (χ3v) is 3.19. The molecule has 0 saturated carbocycles. The second-order valence-corrected chi connectivity index (χ2v) is 5.15. The smallest absolute Gasteiger partial charge is 0.224 e. The van der Waals surface area contributed by atoms with E-state index in [4.69, 9.17) is 5.73 Å². The number of rotatable bonds is 5. The molecule has 18 heavy (non-hydrogen) atoms. The van der Waals surface area contributed by atoms with Crippen molar-refractivity contribution in [1.29, 1.82) is 0 Å². The minimum atomic E-state index is -0.119. The molecule has 1 aliphatic heterocycles. The average Bonchev–Trinajstić information content (AvgIpc) is 2.35. The van der Waals surface area contributed by atoms with E-state index in [1.807, 2.05) is 13.8 Å². The summed E-state index contributed by atoms with van der Waals surface area (Å²) in [6, 6.07) is -0.119. The Morgan fingerprint density at radius 2 is 2.22 bits per heavy atom. The summed E-state index contributed by atoms with van der Waals surface area (Å²) < 4.78 is 0. The van der Waals surface area contributed by atoms with Crippen molar-refractivity contribution in [3.05, 3.63) is 0 Å². The van der Waals surface area contributed by atoms with E-state index in [0.29, 0.717) is 19.5 Å². The van der Waals surface area contributed by atoms with Gasteiger partial charge in [-0.15, -0.1) is 0 Å². The van der Waals surface area contributed by atoms with Gasteiger partial charge in [-0.25, -0.2) is 0 Å². The number of carbonyl (C=O) groups excluding carboxylic acids is 2. The second kappa shape index (κ2) is 7.36. The molecule has 0 aromatic heterocycles. The van der Waals surface area contributed by atoms with Crippen molar-refractivity contribution < 1.29 is 9.59 Å². The fraction of sp³-hybridized carbons (Fsp3) is 0.846. The van der Waals surface area contributed by atoms with Gasteiger partial charge < -0.3 is 16.0 Å². The van der Waals surface area contributed by atoms with E-state index in [9.17, 15) is 9.59 Å². The van der Waals surface area contributed by atoms with Crippen LogP contribution in [-0.2, 0) is 9.59 Å². The summed E-state index contributed by atoms with van der Waals surface area (Å²) in [5.74, 6) is 0.0930. The lowest BCUT2D eigenvalue weighted by atomic mass is 9.96. The van der Waals surface area contributed by atoms with Gasteiger partial charge in [-0.1, -0.05) is 6.92 Å². The van der Waals surface area contributed by atoms with Crippen molar-refractivity contribution in [2.75, 3.05) is 19.6 Å². The summed E-state index contributed by atoms with van der Waals surface area (Å²) in [6.45, 7) is 5.86. The van der Waals surface area contributed by atoms with Crippen LogP contribution in [0.2, 0.25) is 0 Å². The van der Waals surface area contributed by atoms with Gasteiger partial charge in [0.25, 0.3) is 0 Å². The maximum Gasteiger partial charge on any atom is 0.224 e. The van der Waals surface area contributed by atoms with Crippen LogP contribution in [0, 0.1) is 5.92 Å². The molecule has 1 saturated heterocycles. The van der Waals surface area contributed by atoms with E-state index in [-0.39, 0.29) is 23.8 Å². The first-order valence-electron chi connectivity index (χ1n) is 6.85. The third-order valence-electron chi connectivity index (χ3n) is 3.19. The lowest BCUT2D eigenvalue weighted by molar-refractivity contribution is -0.135. The average molecular weight is 255 g/mol. The van der Waals surface area contributed by atoms with Crippen LogP contribution in [0.25, 0.3) is 0 Å². The number of carbonyl (C=O) groups is 2. The van der Waals surface area contributed by atoms with E-state index in [1.165, 1.54) is 0 Å². The van der Waals surface area contributed by atoms with Gasteiger partial charge >= 0.3 is 0 Å². The summed E-state index contributed by atoms with van der Waals surface area (Å²) in [6.07, 6.45) is 3.07. The fourth-order valence-electron chi connectivity index (χ4n) is 2.21. The van der Waals surface area contributed by atoms with Crippen molar-refractivity contribution >= 4 is 11.8 Å². The van der Waals surface area contributed by atoms with E-state index in [0.717, 1.165) is 25.8 Å². The van der Waals surface area contributed by atoms with Gasteiger partial charge in [0.2, 0.25) is 11.8 Å². The molecule has 2 unspecified atom stereocenters. The Kier molecular flexibility index (Phi) is 6.12. The Labute approximate surface area is 109 Å². The van der Waals surface area contributed by atoms with Gasteiger partial charge in [0.15, 0.2) is 0 Å². The van der Waals surface area contributed by atoms with Crippen LogP contribution in [0.3, 0.4) is 0 Å². The standard InChI is InChI=1S/C13H25N3O2/c1-3-6-15-13(18)11-5-4-7-16(9-11)12(17)8-10(2)14/h10-11H,3-9,14H2,1-2H3,(H,15,18). The summed E-state index contributed by atoms with van der Waals surface area (Å²) in [4.78, 5) is 25.6. The number of piperidine rings is 1. The first-order chi connectivity index (χ1) is 8.54. The number of hydrogen-bond donors (Lipinski definition) is 2. The van der Waals surface area contributed by atoms with Gasteiger partial charge in [-0.3, -0.25) is 9.59 Å². The molecule has 1 aliphatic rings. The first kappa shape index (κ1) is 15.0. The fourth-order valence-corrected chi connectivity index (χ4v) is 2.21. The van der Waals surface area contributed by atoms with Gasteiger partial charge in [0, 0.05) is 32.1 Å². The van der Waals surface area contributed by atoms with Gasteiger partial charge in [-0.2, -0.15) is 0 Å². The molecule has 1 rings (SSSR count). The van der Waals surface area contributed by atoms with Gasteiger partial charge in [0.05, 0.1) is 5.92 Å². The number of likely N-dealkylation sites (tertiary alicyclic amines) is 1. The van der Waals surface area contributed by atoms with Crippen molar-refractivity contribution in [2.45, 2.75) is 45.6 Å². The molecule has 0 bridgehead atoms. The largest absolute Gasteiger partial charge is 0.356 e. The normalized spacial score (nSPS) is 21.5. The molecule has 0 radical (unpaired) electrons. The van der Waals surface area contributed by atoms with Crippen LogP contribution in [0.4, 0.5) is 0 Å². The molecule has 5 heteroatoms. The number of nitrogens with two attached hydrogens (primary N) is 1. The number of hydrogen-bond acceptors (Lipinski definition) is 3. The molecular weight excluding hydrogens is 230 g/mol. The van der Waals surface area contributed by atoms with Crippen molar-refractivity contribution in [3.8, 4) is 0 Å². The monoisotopic (exact) mass is 255 g/mol. The van der Waals surface area contributed by atoms with E-state index in [1.54, 1.807) is 4.90 Å². The molecule has 104 valence electrons. The Morgan fingerprint density at radius 3 is 2.83 bits per heavy atom. The third kappa shape index (κ3) is 4.64. The molecule has 1 heterocycles. The predicted molar refractivity (Wildman–Crippen MR) is 70.9 cm³/mol. The highest BCUT2D eigenvalue weighted by molar-refractivity contribution is 5.81. The lowest BCUT2D eigenvalue weighted by Crippen LogP contribution is -2.46. The number of nitrogens with zero attached hydrogens (tertiary/aromatic N) is 1. The molecule has 3 N–H and O–H groups in total. The highest BCUT2D eigenvalue weighted by Crippen LogP contribution is 2.17. The first-order valence-corrected chi connectivity index (χ1v) is 6.85. The summed E-state index contributed by atoms with van der Waals surface area (Å²) >= 11 is 0. The van der Waals surface area contributed by atoms with Crippen molar-refractivity contribution in [1.82, 2.24) is 10.2 Å². The molecule has 2 amide bonds. The molecule has 0 aromatic carbocycles. The molecular formula is C13H25N3O2. The molecule has 2 atom stereocenters. The van der Waals surface area contributed by atoms with Gasteiger partial charge in [-0.05, 0) is 26.2 Å². The molecule has 0 aliphatic carbocycles. The van der Waals surface area contributed by atoms with Crippen LogP contribution >= 0.6 is 0 Å². The van der Waals surface area contributed by atoms with Crippen LogP contribution in [0.5, 0.6) is 0 Å². The zero-order chi connectivity index (χ0) is 13.5. The van der Waals surface area contributed by atoms with Gasteiger partial charge in [0.1, 0.15) is 0 Å². The SMILES string of the molecule is CCCNC(=O)C1CCCN(C(=O)CC(C)N)C1. The van der Waals surface area contributed by atoms with E-state index < -0.39 is 0 Å². The number of amides is 2. The lowest BCUT2D eigenvalue weighted by Gasteiger charge is -2.32. The van der Waals surface area contributed by atoms with Crippen LogP contribution < -0.4 is 11.1 Å². The van der Waals surface area contributed by atoms with E-state index in [2.05, 4.69) is 5.32 Å². The predicted octanol–water partition coefficient (Wildman–Crippen LogP) is 0.489. The topological polar surface area (TPSA) is 75.4 Å². The highest BCUT2D eigenvalue weighted by Gasteiger charge is 2.28. The zero-order valence-corrected chi connectivity index (χ0v) is 11.4. The van der Waals surface area contributed by atoms with Crippen LogP contribution in [0.15, 0.2) is 0 Å². The quantitative estimate of drug-likeness (QED) is 0.750.